The van der Waals surface area contributed by atoms with Crippen molar-refractivity contribution >= 4 is 23.9 Å². The number of barbiturate groups is 1. The van der Waals surface area contributed by atoms with E-state index < -0.39 is 29.9 Å². The molecule has 0 aromatic heterocycles. The van der Waals surface area contributed by atoms with Gasteiger partial charge in [-0.15, -0.1) is 0 Å². The van der Waals surface area contributed by atoms with Gasteiger partial charge in [0.1, 0.15) is 12.5 Å². The third-order valence-electron chi connectivity index (χ3n) is 6.57. The number of carbonyl (C=O) groups excluding carboxylic acids is 4. The Labute approximate surface area is 181 Å². The molecule has 3 fully saturated rings. The highest BCUT2D eigenvalue weighted by molar-refractivity contribution is 6.16. The first-order valence-electron chi connectivity index (χ1n) is 11.2. The molecule has 1 aromatic carbocycles. The van der Waals surface area contributed by atoms with Crippen molar-refractivity contribution in [3.05, 3.63) is 35.9 Å². The number of piperidine rings is 1. The highest BCUT2D eigenvalue weighted by Crippen LogP contribution is 2.32. The van der Waals surface area contributed by atoms with E-state index in [4.69, 9.17) is 4.74 Å². The van der Waals surface area contributed by atoms with Gasteiger partial charge in [-0.05, 0) is 37.2 Å². The summed E-state index contributed by atoms with van der Waals surface area (Å²) in [5.41, 5.74) is 0.896. The van der Waals surface area contributed by atoms with Gasteiger partial charge in [0.05, 0.1) is 0 Å². The van der Waals surface area contributed by atoms with E-state index in [2.05, 4.69) is 5.32 Å². The molecule has 8 nitrogen and oxygen atoms in total. The van der Waals surface area contributed by atoms with Crippen LogP contribution in [0.1, 0.15) is 50.5 Å². The molecule has 2 atom stereocenters. The summed E-state index contributed by atoms with van der Waals surface area (Å²) in [5.74, 6) is -2.23. The quantitative estimate of drug-likeness (QED) is 0.745. The fourth-order valence-electron chi connectivity index (χ4n) is 4.96. The van der Waals surface area contributed by atoms with Crippen molar-refractivity contribution in [3.8, 4) is 0 Å². The van der Waals surface area contributed by atoms with E-state index >= 15 is 0 Å². The summed E-state index contributed by atoms with van der Waals surface area (Å²) in [4.78, 5) is 53.7. The molecule has 8 heteroatoms. The topological polar surface area (TPSA) is 96.0 Å². The predicted octanol–water partition coefficient (Wildman–Crippen LogP) is 3.06. The Morgan fingerprint density at radius 1 is 1.00 bits per heavy atom. The average molecular weight is 428 g/mol. The highest BCUT2D eigenvalue weighted by atomic mass is 16.6. The zero-order chi connectivity index (χ0) is 21.8. The second kappa shape index (κ2) is 9.49. The van der Waals surface area contributed by atoms with Crippen molar-refractivity contribution in [2.24, 2.45) is 11.8 Å². The van der Waals surface area contributed by atoms with Crippen molar-refractivity contribution in [2.75, 3.05) is 13.1 Å². The molecule has 1 N–H and O–H groups in total. The van der Waals surface area contributed by atoms with Gasteiger partial charge in [-0.25, -0.2) is 9.59 Å². The maximum absolute atomic E-state index is 13.2. The van der Waals surface area contributed by atoms with Crippen molar-refractivity contribution < 1.29 is 23.9 Å². The Bertz CT molecular complexity index is 837. The fraction of sp³-hybridized carbons (Fsp3) is 0.565. The Hall–Kier alpha value is -2.90. The van der Waals surface area contributed by atoms with E-state index in [0.717, 1.165) is 37.7 Å². The first-order chi connectivity index (χ1) is 15.0. The van der Waals surface area contributed by atoms with Crippen LogP contribution in [0, 0.1) is 11.8 Å². The third-order valence-corrected chi connectivity index (χ3v) is 6.57. The molecule has 2 saturated heterocycles. The van der Waals surface area contributed by atoms with Gasteiger partial charge in [0.25, 0.3) is 0 Å². The zero-order valence-corrected chi connectivity index (χ0v) is 17.6. The largest absolute Gasteiger partial charge is 0.445 e. The lowest BCUT2D eigenvalue weighted by molar-refractivity contribution is -0.148. The summed E-state index contributed by atoms with van der Waals surface area (Å²) in [6, 6.07) is 8.68. The summed E-state index contributed by atoms with van der Waals surface area (Å²) in [7, 11) is 0. The maximum Gasteiger partial charge on any atom is 0.410 e. The van der Waals surface area contributed by atoms with Gasteiger partial charge in [0.2, 0.25) is 11.8 Å². The smallest absolute Gasteiger partial charge is 0.410 e. The van der Waals surface area contributed by atoms with Gasteiger partial charge >= 0.3 is 12.1 Å². The highest BCUT2D eigenvalue weighted by Gasteiger charge is 2.48. The number of hydrogen-bond acceptors (Lipinski definition) is 5. The van der Waals surface area contributed by atoms with Crippen LogP contribution in [0.5, 0.6) is 0 Å². The summed E-state index contributed by atoms with van der Waals surface area (Å²) in [6.07, 6.45) is 5.50. The molecule has 1 aliphatic carbocycles. The van der Waals surface area contributed by atoms with Gasteiger partial charge in [-0.3, -0.25) is 19.8 Å². The number of likely N-dealkylation sites (tertiary alicyclic amines) is 1. The second-order valence-electron chi connectivity index (χ2n) is 8.66. The number of nitrogens with one attached hydrogen (secondary N) is 1. The van der Waals surface area contributed by atoms with Gasteiger partial charge in [-0.1, -0.05) is 49.6 Å². The summed E-state index contributed by atoms with van der Waals surface area (Å²) < 4.78 is 5.43. The molecule has 31 heavy (non-hydrogen) atoms. The monoisotopic (exact) mass is 427 g/mol. The molecule has 3 aliphatic rings. The summed E-state index contributed by atoms with van der Waals surface area (Å²) >= 11 is 0. The van der Waals surface area contributed by atoms with E-state index in [1.807, 2.05) is 30.3 Å². The minimum atomic E-state index is -0.940. The molecule has 2 unspecified atom stereocenters. The zero-order valence-electron chi connectivity index (χ0n) is 17.6. The molecular formula is C23H29N3O5. The minimum Gasteiger partial charge on any atom is -0.445 e. The Morgan fingerprint density at radius 3 is 2.48 bits per heavy atom. The first kappa shape index (κ1) is 21.3. The maximum atomic E-state index is 13.2. The van der Waals surface area contributed by atoms with Crippen LogP contribution >= 0.6 is 0 Å². The van der Waals surface area contributed by atoms with Gasteiger partial charge in [0, 0.05) is 19.1 Å². The van der Waals surface area contributed by atoms with Crippen LogP contribution < -0.4 is 5.32 Å². The molecule has 0 spiro atoms. The fourth-order valence-corrected chi connectivity index (χ4v) is 4.96. The number of ether oxygens (including phenoxy) is 1. The van der Waals surface area contributed by atoms with E-state index in [1.165, 1.54) is 4.90 Å². The van der Waals surface area contributed by atoms with Crippen LogP contribution in [0.2, 0.25) is 0 Å². The SMILES string of the molecule is O=C1NC(=O)N(C2CCCCC2)C(=O)C1C1CCCN(C(=O)OCc2ccccc2)C1. The lowest BCUT2D eigenvalue weighted by atomic mass is 9.82. The molecule has 4 rings (SSSR count). The van der Waals surface area contributed by atoms with Crippen LogP contribution in [0.25, 0.3) is 0 Å². The molecule has 5 amide bonds. The number of benzene rings is 1. The number of hydrogen-bond donors (Lipinski definition) is 1. The van der Waals surface area contributed by atoms with E-state index in [0.29, 0.717) is 19.4 Å². The van der Waals surface area contributed by atoms with Crippen LogP contribution in [0.3, 0.4) is 0 Å². The van der Waals surface area contributed by atoms with Gasteiger partial charge in [-0.2, -0.15) is 0 Å². The van der Waals surface area contributed by atoms with Gasteiger partial charge in [0.15, 0.2) is 0 Å². The number of nitrogens with zero attached hydrogens (tertiary/aromatic N) is 2. The molecule has 0 bridgehead atoms. The standard InChI is InChI=1S/C23H29N3O5/c27-20-19(21(28)26(22(29)24-20)18-11-5-2-6-12-18)17-10-7-13-25(14-17)23(30)31-15-16-8-3-1-4-9-16/h1,3-4,8-9,17-19H,2,5-7,10-15H2,(H,24,27,29). The average Bonchev–Trinajstić information content (AvgIpc) is 2.79. The molecule has 0 radical (unpaired) electrons. The lowest BCUT2D eigenvalue weighted by Gasteiger charge is -2.41. The Balaban J connectivity index is 1.41. The third kappa shape index (κ3) is 4.73. The lowest BCUT2D eigenvalue weighted by Crippen LogP contribution is -2.63. The molecule has 2 heterocycles. The van der Waals surface area contributed by atoms with Crippen molar-refractivity contribution in [1.29, 1.82) is 0 Å². The number of imide groups is 2. The van der Waals surface area contributed by atoms with Crippen LogP contribution in [0.15, 0.2) is 30.3 Å². The van der Waals surface area contributed by atoms with E-state index in [-0.39, 0.29) is 25.1 Å². The second-order valence-corrected chi connectivity index (χ2v) is 8.66. The molecule has 1 aromatic rings. The predicted molar refractivity (Wildman–Crippen MR) is 112 cm³/mol. The molecule has 166 valence electrons. The van der Waals surface area contributed by atoms with Crippen molar-refractivity contribution in [2.45, 2.75) is 57.6 Å². The Kier molecular flexibility index (Phi) is 6.53. The van der Waals surface area contributed by atoms with Crippen LogP contribution in [0.4, 0.5) is 9.59 Å². The Morgan fingerprint density at radius 2 is 1.74 bits per heavy atom. The van der Waals surface area contributed by atoms with E-state index in [1.54, 1.807) is 4.90 Å². The van der Waals surface area contributed by atoms with Crippen molar-refractivity contribution in [1.82, 2.24) is 15.1 Å². The summed E-state index contributed by atoms with van der Waals surface area (Å²) in [6.45, 7) is 0.968. The normalized spacial score (nSPS) is 25.4. The van der Waals surface area contributed by atoms with Crippen LogP contribution in [-0.4, -0.2) is 52.9 Å². The molecular weight excluding hydrogens is 398 g/mol. The van der Waals surface area contributed by atoms with E-state index in [9.17, 15) is 19.2 Å². The first-order valence-corrected chi connectivity index (χ1v) is 11.2. The molecule has 2 aliphatic heterocycles. The summed E-state index contributed by atoms with van der Waals surface area (Å²) in [5, 5.41) is 2.39. The number of urea groups is 1. The number of carbonyl (C=O) groups is 4. The van der Waals surface area contributed by atoms with Crippen molar-refractivity contribution in [3.63, 3.8) is 0 Å². The van der Waals surface area contributed by atoms with Gasteiger partial charge < -0.3 is 9.64 Å². The minimum absolute atomic E-state index is 0.146. The number of rotatable bonds is 4. The van der Waals surface area contributed by atoms with Crippen LogP contribution in [-0.2, 0) is 20.9 Å². The molecule has 1 saturated carbocycles. The number of amides is 5.